The van der Waals surface area contributed by atoms with Crippen LogP contribution in [0.1, 0.15) is 62.3 Å². The average Bonchev–Trinajstić information content (AvgIpc) is 2.17. The Kier molecular flexibility index (Phi) is 6.90. The van der Waals surface area contributed by atoms with Crippen molar-refractivity contribution < 1.29 is 12.3 Å². The molecular formula is C15H38F3N3Si3. The normalized spacial score (nSPS) is 16.0. The first-order valence-corrected chi connectivity index (χ1v) is 15.5. The van der Waals surface area contributed by atoms with E-state index in [1.807, 2.05) is 19.6 Å². The van der Waals surface area contributed by atoms with Gasteiger partial charge in [-0.1, -0.05) is 61.2 Å². The number of nitrogens with zero attached hydrogens (tertiary/aromatic N) is 1. The summed E-state index contributed by atoms with van der Waals surface area (Å²) in [6.45, 7) is 21.7. The molecule has 2 N–H and O–H groups in total. The van der Waals surface area contributed by atoms with E-state index in [2.05, 4.69) is 10.2 Å². The van der Waals surface area contributed by atoms with Crippen LogP contribution in [0.3, 0.4) is 0 Å². The molecule has 0 spiro atoms. The second-order valence-electron chi connectivity index (χ2n) is 10.6. The van der Waals surface area contributed by atoms with Crippen LogP contribution < -0.4 is 10.2 Å². The summed E-state index contributed by atoms with van der Waals surface area (Å²) in [6.07, 6.45) is 0. The quantitative estimate of drug-likeness (QED) is 0.367. The zero-order chi connectivity index (χ0) is 20.0. The zero-order valence-electron chi connectivity index (χ0n) is 17.6. The van der Waals surface area contributed by atoms with Crippen molar-refractivity contribution in [3.8, 4) is 0 Å². The lowest BCUT2D eigenvalue weighted by Gasteiger charge is -2.49. The van der Waals surface area contributed by atoms with E-state index in [0.29, 0.717) is 0 Å². The maximum atomic E-state index is 15.8. The molecule has 0 aliphatic rings. The number of hydrogen-bond acceptors (Lipinski definition) is 3. The van der Waals surface area contributed by atoms with Gasteiger partial charge in [-0.15, -0.1) is 0 Å². The van der Waals surface area contributed by atoms with E-state index in [1.54, 1.807) is 62.3 Å². The van der Waals surface area contributed by atoms with Crippen molar-refractivity contribution in [3.63, 3.8) is 0 Å². The molecule has 9 heteroatoms. The summed E-state index contributed by atoms with van der Waals surface area (Å²) in [5.74, 6) is 0. The number of hydrogen-bond donors (Lipinski definition) is 2. The summed E-state index contributed by atoms with van der Waals surface area (Å²) in [4.78, 5) is 0. The summed E-state index contributed by atoms with van der Waals surface area (Å²) in [7, 11) is -11.1. The fourth-order valence-electron chi connectivity index (χ4n) is 3.57. The number of rotatable bonds is 5. The van der Waals surface area contributed by atoms with Gasteiger partial charge in [0.1, 0.15) is 8.24 Å². The Morgan fingerprint density at radius 2 is 1.00 bits per heavy atom. The average molecular weight is 402 g/mol. The van der Waals surface area contributed by atoms with Crippen molar-refractivity contribution >= 4 is 25.9 Å². The van der Waals surface area contributed by atoms with Crippen LogP contribution >= 0.6 is 0 Å². The second kappa shape index (κ2) is 6.80. The van der Waals surface area contributed by atoms with Crippen LogP contribution in [0.2, 0.25) is 29.7 Å². The first-order chi connectivity index (χ1) is 10.1. The minimum absolute atomic E-state index is 0.682. The van der Waals surface area contributed by atoms with Crippen molar-refractivity contribution in [2.75, 3.05) is 0 Å². The summed E-state index contributed by atoms with van der Waals surface area (Å²) >= 11 is 0. The van der Waals surface area contributed by atoms with Gasteiger partial charge in [-0.25, -0.2) is 13.3 Å². The van der Waals surface area contributed by atoms with Gasteiger partial charge in [0.2, 0.25) is 0 Å². The molecule has 0 saturated carbocycles. The highest BCUT2D eigenvalue weighted by molar-refractivity contribution is 6.85. The van der Waals surface area contributed by atoms with Crippen LogP contribution in [0, 0.1) is 0 Å². The standard InChI is InChI=1S/C15H38F3N3Si3/c1-13(2,3)21(22(10,11)12)24(17,18)20-19-23(16,14(4,5)6)15(7,8)9/h19-20H,1-12H3. The maximum Gasteiger partial charge on any atom is 0.603 e. The number of nitrogens with one attached hydrogen (secondary N) is 2. The van der Waals surface area contributed by atoms with Gasteiger partial charge in [-0.05, 0) is 20.8 Å². The van der Waals surface area contributed by atoms with Gasteiger partial charge >= 0.3 is 17.6 Å². The fraction of sp³-hybridized carbons (Fsp3) is 1.00. The molecule has 0 aliphatic heterocycles. The molecule has 0 amide bonds. The van der Waals surface area contributed by atoms with Gasteiger partial charge in [-0.3, -0.25) is 13.4 Å². The van der Waals surface area contributed by atoms with Gasteiger partial charge in [0.25, 0.3) is 0 Å². The van der Waals surface area contributed by atoms with E-state index in [-0.39, 0.29) is 0 Å². The predicted molar refractivity (Wildman–Crippen MR) is 105 cm³/mol. The van der Waals surface area contributed by atoms with E-state index >= 15 is 12.3 Å². The van der Waals surface area contributed by atoms with E-state index in [4.69, 9.17) is 0 Å². The highest BCUT2D eigenvalue weighted by atomic mass is 28.5. The van der Waals surface area contributed by atoms with Crippen molar-refractivity contribution in [2.24, 2.45) is 0 Å². The number of halogens is 3. The molecule has 3 nitrogen and oxygen atoms in total. The molecule has 0 saturated heterocycles. The molecule has 0 atom stereocenters. The van der Waals surface area contributed by atoms with Gasteiger partial charge in [0, 0.05) is 15.6 Å². The third-order valence-electron chi connectivity index (χ3n) is 4.07. The molecule has 0 radical (unpaired) electrons. The second-order valence-corrected chi connectivity index (χ2v) is 22.2. The number of hydrazine groups is 1. The molecule has 0 rings (SSSR count). The molecule has 0 aromatic rings. The summed E-state index contributed by atoms with van der Waals surface area (Å²) in [6, 6.07) is 0. The Morgan fingerprint density at radius 1 is 0.667 bits per heavy atom. The molecule has 0 unspecified atom stereocenters. The first kappa shape index (κ1) is 24.3. The monoisotopic (exact) mass is 401 g/mol. The lowest BCUT2D eigenvalue weighted by atomic mass is 10.1. The molecule has 0 heterocycles. The van der Waals surface area contributed by atoms with Crippen LogP contribution in [0.25, 0.3) is 0 Å². The zero-order valence-corrected chi connectivity index (χ0v) is 20.6. The Labute approximate surface area is 150 Å². The molecule has 24 heavy (non-hydrogen) atoms. The Hall–Kier alpha value is 0.321. The van der Waals surface area contributed by atoms with E-state index in [9.17, 15) is 0 Å². The Morgan fingerprint density at radius 3 is 1.21 bits per heavy atom. The minimum atomic E-state index is -5.04. The largest absolute Gasteiger partial charge is 0.603 e. The van der Waals surface area contributed by atoms with Crippen LogP contribution in [0.15, 0.2) is 0 Å². The smallest absolute Gasteiger partial charge is 0.290 e. The highest BCUT2D eigenvalue weighted by Gasteiger charge is 2.60. The molecule has 0 aliphatic carbocycles. The molecular weight excluding hydrogens is 363 g/mol. The molecule has 0 fully saturated rings. The predicted octanol–water partition coefficient (Wildman–Crippen LogP) is 5.40. The molecule has 0 aromatic heterocycles. The van der Waals surface area contributed by atoms with Crippen molar-refractivity contribution in [3.05, 3.63) is 0 Å². The van der Waals surface area contributed by atoms with Gasteiger partial charge < -0.3 is 0 Å². The van der Waals surface area contributed by atoms with Crippen LogP contribution in [0.4, 0.5) is 12.3 Å². The van der Waals surface area contributed by atoms with Gasteiger partial charge in [0.15, 0.2) is 0 Å². The van der Waals surface area contributed by atoms with E-state index in [1.165, 1.54) is 4.23 Å². The summed E-state index contributed by atoms with van der Waals surface area (Å²) in [5, 5.41) is 3.36. The molecule has 0 aromatic carbocycles. The molecule has 146 valence electrons. The topological polar surface area (TPSA) is 27.3 Å². The SMILES string of the molecule is CC(C)(C)N([Si](C)(C)C)[Si](F)(F)NN[Si](F)(C(C)(C)C)C(C)(C)C. The third-order valence-corrected chi connectivity index (χ3v) is 15.5. The van der Waals surface area contributed by atoms with Crippen molar-refractivity contribution in [1.82, 2.24) is 14.4 Å². The summed E-state index contributed by atoms with van der Waals surface area (Å²) < 4.78 is 47.5. The Bertz CT molecular complexity index is 404. The van der Waals surface area contributed by atoms with E-state index < -0.39 is 41.5 Å². The lowest BCUT2D eigenvalue weighted by molar-refractivity contribution is 0.273. The van der Waals surface area contributed by atoms with Gasteiger partial charge in [0.05, 0.1) is 0 Å². The van der Waals surface area contributed by atoms with Crippen molar-refractivity contribution in [2.45, 2.75) is 97.6 Å². The lowest BCUT2D eigenvalue weighted by Crippen LogP contribution is -2.77. The van der Waals surface area contributed by atoms with Gasteiger partial charge in [-0.2, -0.15) is 0 Å². The van der Waals surface area contributed by atoms with Crippen LogP contribution in [-0.4, -0.2) is 35.6 Å². The minimum Gasteiger partial charge on any atom is -0.290 e. The van der Waals surface area contributed by atoms with Crippen LogP contribution in [-0.2, 0) is 0 Å². The van der Waals surface area contributed by atoms with Crippen LogP contribution in [0.5, 0.6) is 0 Å². The third kappa shape index (κ3) is 5.41. The van der Waals surface area contributed by atoms with Crippen molar-refractivity contribution in [1.29, 1.82) is 0 Å². The molecule has 0 bridgehead atoms. The summed E-state index contributed by atoms with van der Waals surface area (Å²) in [5.41, 5.74) is -0.682. The first-order valence-electron chi connectivity index (χ1n) is 8.49. The fourth-order valence-corrected chi connectivity index (χ4v) is 14.4. The van der Waals surface area contributed by atoms with E-state index in [0.717, 1.165) is 0 Å². The maximum absolute atomic E-state index is 15.8. The highest BCUT2D eigenvalue weighted by Crippen LogP contribution is 2.49. The Balaban J connectivity index is 5.72.